The predicted molar refractivity (Wildman–Crippen MR) is 110 cm³/mol. The minimum absolute atomic E-state index is 0.0876. The molecule has 2 aromatic carbocycles. The third kappa shape index (κ3) is 5.87. The second-order valence-corrected chi connectivity index (χ2v) is 6.80. The molecular formula is C22H23ClN2O3. The van der Waals surface area contributed by atoms with Gasteiger partial charge < -0.3 is 14.5 Å². The molecule has 0 bridgehead atoms. The van der Waals surface area contributed by atoms with Crippen LogP contribution in [0.25, 0.3) is 0 Å². The number of halogens is 1. The van der Waals surface area contributed by atoms with Crippen LogP contribution >= 0.6 is 11.6 Å². The van der Waals surface area contributed by atoms with E-state index in [0.29, 0.717) is 23.7 Å². The molecule has 0 saturated carbocycles. The van der Waals surface area contributed by atoms with E-state index in [9.17, 15) is 4.79 Å². The van der Waals surface area contributed by atoms with Gasteiger partial charge in [0.1, 0.15) is 18.1 Å². The summed E-state index contributed by atoms with van der Waals surface area (Å²) in [6.07, 6.45) is 1.68. The molecule has 0 radical (unpaired) electrons. The van der Waals surface area contributed by atoms with Gasteiger partial charge in [0.25, 0.3) is 5.91 Å². The zero-order chi connectivity index (χ0) is 19.8. The van der Waals surface area contributed by atoms with E-state index in [2.05, 4.69) is 10.2 Å². The quantitative estimate of drug-likeness (QED) is 0.581. The van der Waals surface area contributed by atoms with Crippen molar-refractivity contribution in [3.05, 3.63) is 88.8 Å². The molecule has 0 aliphatic heterocycles. The van der Waals surface area contributed by atoms with Crippen molar-refractivity contribution in [3.8, 4) is 5.75 Å². The number of hydrogen-bond acceptors (Lipinski definition) is 4. The van der Waals surface area contributed by atoms with Crippen molar-refractivity contribution in [2.24, 2.45) is 0 Å². The minimum atomic E-state index is -0.0876. The number of furan rings is 1. The van der Waals surface area contributed by atoms with Gasteiger partial charge in [-0.1, -0.05) is 23.7 Å². The van der Waals surface area contributed by atoms with Crippen molar-refractivity contribution in [2.45, 2.75) is 13.1 Å². The van der Waals surface area contributed by atoms with E-state index >= 15 is 0 Å². The fourth-order valence-corrected chi connectivity index (χ4v) is 2.95. The first-order chi connectivity index (χ1) is 13.6. The first-order valence-corrected chi connectivity index (χ1v) is 9.46. The second kappa shape index (κ2) is 9.97. The molecule has 1 N–H and O–H groups in total. The summed E-state index contributed by atoms with van der Waals surface area (Å²) in [5.74, 6) is 1.60. The summed E-state index contributed by atoms with van der Waals surface area (Å²) in [5, 5.41) is 3.32. The van der Waals surface area contributed by atoms with Crippen molar-refractivity contribution >= 4 is 17.5 Å². The van der Waals surface area contributed by atoms with Crippen molar-refractivity contribution < 1.29 is 13.9 Å². The Kier molecular flexibility index (Phi) is 7.12. The summed E-state index contributed by atoms with van der Waals surface area (Å²) in [4.78, 5) is 13.9. The maximum absolute atomic E-state index is 11.7. The maximum atomic E-state index is 11.7. The van der Waals surface area contributed by atoms with Gasteiger partial charge in [-0.3, -0.25) is 9.69 Å². The Bertz CT molecular complexity index is 862. The van der Waals surface area contributed by atoms with E-state index < -0.39 is 0 Å². The van der Waals surface area contributed by atoms with E-state index in [-0.39, 0.29) is 5.91 Å². The van der Waals surface area contributed by atoms with Crippen LogP contribution in [-0.4, -0.2) is 31.0 Å². The Morgan fingerprint density at radius 2 is 1.82 bits per heavy atom. The van der Waals surface area contributed by atoms with Crippen LogP contribution in [-0.2, 0) is 13.1 Å². The van der Waals surface area contributed by atoms with Crippen LogP contribution < -0.4 is 10.1 Å². The molecular weight excluding hydrogens is 376 g/mol. The van der Waals surface area contributed by atoms with Gasteiger partial charge in [0.2, 0.25) is 0 Å². The summed E-state index contributed by atoms with van der Waals surface area (Å²) < 4.78 is 11.3. The molecule has 0 atom stereocenters. The smallest absolute Gasteiger partial charge is 0.251 e. The Morgan fingerprint density at radius 1 is 1.07 bits per heavy atom. The van der Waals surface area contributed by atoms with Gasteiger partial charge >= 0.3 is 0 Å². The molecule has 0 saturated heterocycles. The maximum Gasteiger partial charge on any atom is 0.251 e. The number of rotatable bonds is 9. The SMILES string of the molecule is CNC(=O)c1ccc(CN(CCOc2ccc(Cl)cc2)Cc2ccco2)cc1. The number of hydrogen-bond donors (Lipinski definition) is 1. The lowest BCUT2D eigenvalue weighted by Crippen LogP contribution is -2.27. The Balaban J connectivity index is 1.61. The molecule has 3 aromatic rings. The van der Waals surface area contributed by atoms with Gasteiger partial charge in [-0.2, -0.15) is 0 Å². The topological polar surface area (TPSA) is 54.7 Å². The number of ether oxygens (including phenoxy) is 1. The average molecular weight is 399 g/mol. The highest BCUT2D eigenvalue weighted by Crippen LogP contribution is 2.16. The molecule has 146 valence electrons. The van der Waals surface area contributed by atoms with Crippen LogP contribution in [0.1, 0.15) is 21.7 Å². The van der Waals surface area contributed by atoms with Gasteiger partial charge in [-0.25, -0.2) is 0 Å². The molecule has 0 unspecified atom stereocenters. The minimum Gasteiger partial charge on any atom is -0.492 e. The number of carbonyl (C=O) groups excluding carboxylic acids is 1. The number of amides is 1. The number of carbonyl (C=O) groups is 1. The van der Waals surface area contributed by atoms with Crippen molar-refractivity contribution in [1.29, 1.82) is 0 Å². The van der Waals surface area contributed by atoms with Crippen LogP contribution in [0.5, 0.6) is 5.75 Å². The van der Waals surface area contributed by atoms with E-state index in [0.717, 1.165) is 30.2 Å². The zero-order valence-corrected chi connectivity index (χ0v) is 16.5. The Hall–Kier alpha value is -2.76. The van der Waals surface area contributed by atoms with Crippen molar-refractivity contribution in [3.63, 3.8) is 0 Å². The lowest BCUT2D eigenvalue weighted by molar-refractivity contribution is 0.0963. The molecule has 5 nitrogen and oxygen atoms in total. The monoisotopic (exact) mass is 398 g/mol. The summed E-state index contributed by atoms with van der Waals surface area (Å²) in [7, 11) is 1.63. The van der Waals surface area contributed by atoms with Gasteiger partial charge in [-0.15, -0.1) is 0 Å². The highest BCUT2D eigenvalue weighted by molar-refractivity contribution is 6.30. The van der Waals surface area contributed by atoms with Crippen molar-refractivity contribution in [2.75, 3.05) is 20.2 Å². The Labute approximate surface area is 169 Å². The third-order valence-corrected chi connectivity index (χ3v) is 4.55. The number of nitrogens with zero attached hydrogens (tertiary/aromatic N) is 1. The average Bonchev–Trinajstić information content (AvgIpc) is 3.22. The summed E-state index contributed by atoms with van der Waals surface area (Å²) in [5.41, 5.74) is 1.76. The summed E-state index contributed by atoms with van der Waals surface area (Å²) >= 11 is 5.91. The normalized spacial score (nSPS) is 10.8. The molecule has 0 aliphatic carbocycles. The van der Waals surface area contributed by atoms with Gasteiger partial charge in [0.05, 0.1) is 12.8 Å². The van der Waals surface area contributed by atoms with Gasteiger partial charge in [-0.05, 0) is 54.1 Å². The lowest BCUT2D eigenvalue weighted by atomic mass is 10.1. The fraction of sp³-hybridized carbons (Fsp3) is 0.227. The van der Waals surface area contributed by atoms with E-state index in [1.54, 1.807) is 13.3 Å². The van der Waals surface area contributed by atoms with E-state index in [1.807, 2.05) is 60.7 Å². The van der Waals surface area contributed by atoms with Crippen LogP contribution in [0.3, 0.4) is 0 Å². The van der Waals surface area contributed by atoms with Crippen molar-refractivity contribution in [1.82, 2.24) is 10.2 Å². The predicted octanol–water partition coefficient (Wildman–Crippen LogP) is 4.37. The van der Waals surface area contributed by atoms with Crippen LogP contribution in [0, 0.1) is 0 Å². The summed E-state index contributed by atoms with van der Waals surface area (Å²) in [6, 6.07) is 18.8. The largest absolute Gasteiger partial charge is 0.492 e. The summed E-state index contributed by atoms with van der Waals surface area (Å²) in [6.45, 7) is 2.66. The molecule has 6 heteroatoms. The first kappa shape index (κ1) is 20.0. The first-order valence-electron chi connectivity index (χ1n) is 9.08. The molecule has 1 amide bonds. The lowest BCUT2D eigenvalue weighted by Gasteiger charge is -2.21. The van der Waals surface area contributed by atoms with Crippen LogP contribution in [0.2, 0.25) is 5.02 Å². The van der Waals surface area contributed by atoms with Gasteiger partial charge in [0, 0.05) is 30.7 Å². The molecule has 28 heavy (non-hydrogen) atoms. The second-order valence-electron chi connectivity index (χ2n) is 6.37. The standard InChI is InChI=1S/C22H23ClN2O3/c1-24-22(26)18-6-4-17(5-7-18)15-25(16-21-3-2-13-27-21)12-14-28-20-10-8-19(23)9-11-20/h2-11,13H,12,14-16H2,1H3,(H,24,26). The fourth-order valence-electron chi connectivity index (χ4n) is 2.82. The third-order valence-electron chi connectivity index (χ3n) is 4.30. The van der Waals surface area contributed by atoms with Crippen LogP contribution in [0.15, 0.2) is 71.3 Å². The highest BCUT2D eigenvalue weighted by Gasteiger charge is 2.10. The van der Waals surface area contributed by atoms with Gasteiger partial charge in [0.15, 0.2) is 0 Å². The van der Waals surface area contributed by atoms with Crippen LogP contribution in [0.4, 0.5) is 0 Å². The van der Waals surface area contributed by atoms with E-state index in [4.69, 9.17) is 20.8 Å². The number of nitrogens with one attached hydrogen (secondary N) is 1. The zero-order valence-electron chi connectivity index (χ0n) is 15.7. The molecule has 3 rings (SSSR count). The van der Waals surface area contributed by atoms with E-state index in [1.165, 1.54) is 0 Å². The highest BCUT2D eigenvalue weighted by atomic mass is 35.5. The molecule has 1 heterocycles. The Morgan fingerprint density at radius 3 is 2.46 bits per heavy atom. The molecule has 0 fully saturated rings. The molecule has 0 spiro atoms. The molecule has 1 aromatic heterocycles. The number of benzene rings is 2. The molecule has 0 aliphatic rings.